The van der Waals surface area contributed by atoms with Gasteiger partial charge in [-0.05, 0) is 107 Å². The molecule has 0 radical (unpaired) electrons. The third-order valence-corrected chi connectivity index (χ3v) is 14.6. The number of hydrogen-bond acceptors (Lipinski definition) is 4. The van der Waals surface area contributed by atoms with E-state index in [9.17, 15) is 19.2 Å². The Morgan fingerprint density at radius 1 is 0.323 bits per heavy atom. The second kappa shape index (κ2) is 12.8. The van der Waals surface area contributed by atoms with Gasteiger partial charge in [-0.2, -0.15) is 0 Å². The molecular weight excluding hydrogens is 900 g/mol. The Hall–Kier alpha value is -7.00. The largest absolute Gasteiger partial charge is 0.270 e. The van der Waals surface area contributed by atoms with Gasteiger partial charge in [-0.1, -0.05) is 141 Å². The lowest BCUT2D eigenvalue weighted by molar-refractivity contribution is 0.0584. The Bertz CT molecular complexity index is 3720. The van der Waals surface area contributed by atoms with Gasteiger partial charge in [-0.3, -0.25) is 29.0 Å². The minimum atomic E-state index is -0.369. The lowest BCUT2D eigenvalue weighted by atomic mass is 9.82. The number of imide groups is 2. The summed E-state index contributed by atoms with van der Waals surface area (Å²) in [5, 5.41) is 14.1. The van der Waals surface area contributed by atoms with Crippen LogP contribution in [0.15, 0.2) is 155 Å². The summed E-state index contributed by atoms with van der Waals surface area (Å²) >= 11 is 7.77. The molecular formula is C54H28Br2N2O4. The second-order valence-corrected chi connectivity index (χ2v) is 18.1. The number of nitrogens with zero attached hydrogens (tertiary/aromatic N) is 2. The van der Waals surface area contributed by atoms with Crippen LogP contribution in [0.2, 0.25) is 0 Å². The number of halogens is 2. The Morgan fingerprint density at radius 3 is 1.05 bits per heavy atom. The lowest BCUT2D eigenvalue weighted by Crippen LogP contribution is -2.40. The number of amides is 4. The highest BCUT2D eigenvalue weighted by molar-refractivity contribution is 9.11. The fraction of sp³-hybridized carbons (Fsp3) is 0.0370. The summed E-state index contributed by atoms with van der Waals surface area (Å²) in [4.78, 5) is 61.8. The molecule has 2 heterocycles. The zero-order valence-corrected chi connectivity index (χ0v) is 35.7. The molecule has 8 heteroatoms. The summed E-state index contributed by atoms with van der Waals surface area (Å²) in [5.41, 5.74) is 3.60. The molecule has 0 fully saturated rings. The summed E-state index contributed by atoms with van der Waals surface area (Å²) in [6.07, 6.45) is 0. The van der Waals surface area contributed by atoms with Gasteiger partial charge in [0, 0.05) is 58.1 Å². The Labute approximate surface area is 369 Å². The van der Waals surface area contributed by atoms with Gasteiger partial charge >= 0.3 is 0 Å². The topological polar surface area (TPSA) is 74.8 Å². The van der Waals surface area contributed by atoms with Crippen LogP contribution in [-0.2, 0) is 13.1 Å². The van der Waals surface area contributed by atoms with Crippen molar-refractivity contribution in [2.24, 2.45) is 0 Å². The van der Waals surface area contributed by atoms with Crippen molar-refractivity contribution in [3.05, 3.63) is 188 Å². The molecule has 2 aliphatic rings. The summed E-state index contributed by atoms with van der Waals surface area (Å²) in [6, 6.07) is 47.8. The highest BCUT2D eigenvalue weighted by Gasteiger charge is 2.39. The van der Waals surface area contributed by atoms with Crippen LogP contribution in [0.25, 0.3) is 86.2 Å². The Kier molecular flexibility index (Phi) is 7.36. The maximum atomic E-state index is 14.8. The van der Waals surface area contributed by atoms with Gasteiger partial charge in [-0.25, -0.2) is 0 Å². The van der Waals surface area contributed by atoms with E-state index in [1.54, 1.807) is 0 Å². The predicted octanol–water partition coefficient (Wildman–Crippen LogP) is 13.5. The zero-order valence-electron chi connectivity index (χ0n) is 32.6. The van der Waals surface area contributed by atoms with Crippen molar-refractivity contribution >= 4 is 142 Å². The van der Waals surface area contributed by atoms with Crippen molar-refractivity contribution < 1.29 is 19.2 Å². The van der Waals surface area contributed by atoms with Gasteiger partial charge in [0.15, 0.2) is 0 Å². The van der Waals surface area contributed by atoms with Crippen molar-refractivity contribution in [1.29, 1.82) is 0 Å². The Balaban J connectivity index is 0.986. The maximum Gasteiger partial charge on any atom is 0.261 e. The second-order valence-electron chi connectivity index (χ2n) is 16.4. The molecule has 4 amide bonds. The van der Waals surface area contributed by atoms with Crippen LogP contribution >= 0.6 is 31.9 Å². The van der Waals surface area contributed by atoms with Gasteiger partial charge in [-0.15, -0.1) is 0 Å². The molecule has 0 N–H and O–H groups in total. The average Bonchev–Trinajstić information content (AvgIpc) is 3.29. The fourth-order valence-electron chi connectivity index (χ4n) is 10.6. The van der Waals surface area contributed by atoms with E-state index in [4.69, 9.17) is 0 Å². The highest BCUT2D eigenvalue weighted by Crippen LogP contribution is 2.51. The van der Waals surface area contributed by atoms with Crippen molar-refractivity contribution in [3.8, 4) is 0 Å². The van der Waals surface area contributed by atoms with Crippen LogP contribution in [0.1, 0.15) is 52.6 Å². The third kappa shape index (κ3) is 4.68. The first-order valence-electron chi connectivity index (χ1n) is 20.4. The molecule has 0 saturated carbocycles. The quantitative estimate of drug-likeness (QED) is 0.100. The van der Waals surface area contributed by atoms with Gasteiger partial charge in [0.1, 0.15) is 0 Å². The number of carbonyl (C=O) groups is 4. The van der Waals surface area contributed by atoms with Gasteiger partial charge in [0.25, 0.3) is 23.6 Å². The Morgan fingerprint density at radius 2 is 0.661 bits per heavy atom. The molecule has 0 aromatic heterocycles. The molecule has 11 aromatic carbocycles. The first-order chi connectivity index (χ1) is 30.3. The molecule has 0 saturated heterocycles. The maximum absolute atomic E-state index is 14.8. The zero-order chi connectivity index (χ0) is 41.7. The summed E-state index contributed by atoms with van der Waals surface area (Å²) < 4.78 is 1.35. The van der Waals surface area contributed by atoms with Gasteiger partial charge in [0.2, 0.25) is 0 Å². The van der Waals surface area contributed by atoms with E-state index in [0.29, 0.717) is 42.0 Å². The molecule has 13 rings (SSSR count). The van der Waals surface area contributed by atoms with Crippen LogP contribution in [-0.4, -0.2) is 33.4 Å². The highest BCUT2D eigenvalue weighted by atomic mass is 79.9. The van der Waals surface area contributed by atoms with E-state index >= 15 is 0 Å². The fourth-order valence-corrected chi connectivity index (χ4v) is 11.9. The molecule has 0 spiro atoms. The summed E-state index contributed by atoms with van der Waals surface area (Å²) in [7, 11) is 0. The van der Waals surface area contributed by atoms with Gasteiger partial charge < -0.3 is 0 Å². The van der Waals surface area contributed by atoms with Crippen LogP contribution < -0.4 is 0 Å². The summed E-state index contributed by atoms with van der Waals surface area (Å²) in [5.74, 6) is -1.45. The van der Waals surface area contributed by atoms with Crippen molar-refractivity contribution in [1.82, 2.24) is 9.80 Å². The van der Waals surface area contributed by atoms with Crippen molar-refractivity contribution in [3.63, 3.8) is 0 Å². The molecule has 6 nitrogen and oxygen atoms in total. The first-order valence-corrected chi connectivity index (χ1v) is 22.0. The molecule has 62 heavy (non-hydrogen) atoms. The minimum absolute atomic E-state index is 0.0999. The van der Waals surface area contributed by atoms with Crippen molar-refractivity contribution in [2.45, 2.75) is 13.1 Å². The van der Waals surface area contributed by atoms with E-state index < -0.39 is 0 Å². The van der Waals surface area contributed by atoms with E-state index in [1.807, 2.05) is 109 Å². The first kappa shape index (κ1) is 35.7. The molecule has 0 unspecified atom stereocenters. The lowest BCUT2D eigenvalue weighted by Gasteiger charge is -2.31. The SMILES string of the molecule is O=C1c2ccc3c4c(Br)cc5c6c(cc(Br)c(c7ccc(c2c37)C(=O)N1Cc1c2ccccc2cc2ccccc12)c64)C(=O)N(Cc1c2ccccc2cc2ccccc12)C5=O. The number of carbonyl (C=O) groups excluding carboxylic acids is 4. The standard InChI is InChI=1S/C54H28Br2N2O4/c55-43-23-39-47-40(54(62)58(53(39)61)26-42-33-15-7-3-11-29(33)22-30-12-4-8-16-34(30)42)24-44(56)49-36-18-20-38-46-37(19-17-35(45(36)46)48(43)50(47)49)51(59)57(52(38)60)25-41-31-13-5-1-9-27(31)21-28-10-2-6-14-32(28)41/h1-24H,25-26H2. The van der Waals surface area contributed by atoms with E-state index in [2.05, 4.69) is 68.3 Å². The molecule has 11 aromatic rings. The predicted molar refractivity (Wildman–Crippen MR) is 254 cm³/mol. The van der Waals surface area contributed by atoms with Crippen LogP contribution in [0.4, 0.5) is 0 Å². The van der Waals surface area contributed by atoms with Gasteiger partial charge in [0.05, 0.1) is 13.1 Å². The summed E-state index contributed by atoms with van der Waals surface area (Å²) in [6.45, 7) is 0.216. The number of hydrogen-bond donors (Lipinski definition) is 0. The van der Waals surface area contributed by atoms with E-state index in [0.717, 1.165) is 86.5 Å². The monoisotopic (exact) mass is 926 g/mol. The van der Waals surface area contributed by atoms with Crippen LogP contribution in [0, 0.1) is 0 Å². The molecule has 0 atom stereocenters. The smallest absolute Gasteiger partial charge is 0.261 e. The molecule has 292 valence electrons. The average molecular weight is 929 g/mol. The van der Waals surface area contributed by atoms with E-state index in [-0.39, 0.29) is 36.7 Å². The number of rotatable bonds is 4. The minimum Gasteiger partial charge on any atom is -0.270 e. The molecule has 2 aliphatic heterocycles. The van der Waals surface area contributed by atoms with Crippen molar-refractivity contribution in [2.75, 3.05) is 0 Å². The van der Waals surface area contributed by atoms with Crippen LogP contribution in [0.3, 0.4) is 0 Å². The molecule has 0 aliphatic carbocycles. The van der Waals surface area contributed by atoms with Crippen LogP contribution in [0.5, 0.6) is 0 Å². The number of benzene rings is 11. The normalized spacial score (nSPS) is 14.2. The third-order valence-electron chi connectivity index (χ3n) is 13.3. The molecule has 0 bridgehead atoms. The van der Waals surface area contributed by atoms with E-state index in [1.165, 1.54) is 9.80 Å². The number of fused-ring (bicyclic) bond motifs is 6.